The van der Waals surface area contributed by atoms with Crippen LogP contribution in [0, 0.1) is 11.7 Å². The van der Waals surface area contributed by atoms with Crippen LogP contribution in [-0.2, 0) is 19.4 Å². The van der Waals surface area contributed by atoms with Gasteiger partial charge in [0.25, 0.3) is 0 Å². The summed E-state index contributed by atoms with van der Waals surface area (Å²) in [6, 6.07) is 14.0. The van der Waals surface area contributed by atoms with Crippen molar-refractivity contribution >= 4 is 0 Å². The minimum absolute atomic E-state index is 0.122. The first-order chi connectivity index (χ1) is 12.6. The molecular weight excluding hydrogens is 325 g/mol. The predicted octanol–water partition coefficient (Wildman–Crippen LogP) is 5.29. The monoisotopic (exact) mass is 355 g/mol. The van der Waals surface area contributed by atoms with Gasteiger partial charge in [-0.3, -0.25) is 0 Å². The van der Waals surface area contributed by atoms with E-state index >= 15 is 0 Å². The number of hydrogen-bond donors (Lipinski definition) is 1. The summed E-state index contributed by atoms with van der Waals surface area (Å²) in [5, 5.41) is 3.62. The van der Waals surface area contributed by atoms with Crippen molar-refractivity contribution in [2.45, 2.75) is 58.6 Å². The molecule has 0 heterocycles. The molecule has 2 aromatic rings. The molecule has 0 radical (unpaired) electrons. The van der Waals surface area contributed by atoms with E-state index in [1.807, 2.05) is 36.4 Å². The first-order valence-electron chi connectivity index (χ1n) is 9.83. The Balaban J connectivity index is 1.65. The second kappa shape index (κ2) is 9.18. The fraction of sp³-hybridized carbons (Fsp3) is 0.478. The third kappa shape index (κ3) is 5.31. The highest BCUT2D eigenvalue weighted by atomic mass is 19.1. The summed E-state index contributed by atoms with van der Waals surface area (Å²) >= 11 is 0. The van der Waals surface area contributed by atoms with E-state index in [-0.39, 0.29) is 5.82 Å². The Morgan fingerprint density at radius 2 is 2.00 bits per heavy atom. The van der Waals surface area contributed by atoms with Crippen molar-refractivity contribution in [3.05, 3.63) is 65.0 Å². The number of rotatable bonds is 7. The predicted molar refractivity (Wildman–Crippen MR) is 105 cm³/mol. The molecule has 0 saturated heterocycles. The maximum Gasteiger partial charge on any atom is 0.130 e. The van der Waals surface area contributed by atoms with Crippen LogP contribution >= 0.6 is 0 Å². The molecule has 2 nitrogen and oxygen atoms in total. The Labute approximate surface area is 156 Å². The van der Waals surface area contributed by atoms with E-state index in [9.17, 15) is 4.39 Å². The third-order valence-electron chi connectivity index (χ3n) is 5.11. The summed E-state index contributed by atoms with van der Waals surface area (Å²) in [5.41, 5.74) is 3.08. The van der Waals surface area contributed by atoms with Crippen LogP contribution in [0.2, 0.25) is 0 Å². The van der Waals surface area contributed by atoms with Crippen LogP contribution in [0.3, 0.4) is 0 Å². The molecule has 0 saturated carbocycles. The number of hydrogen-bond acceptors (Lipinski definition) is 2. The van der Waals surface area contributed by atoms with Gasteiger partial charge in [-0.2, -0.15) is 0 Å². The smallest absolute Gasteiger partial charge is 0.130 e. The van der Waals surface area contributed by atoms with Gasteiger partial charge in [0.2, 0.25) is 0 Å². The normalized spacial score (nSPS) is 17.0. The van der Waals surface area contributed by atoms with E-state index in [2.05, 4.69) is 19.2 Å². The van der Waals surface area contributed by atoms with Crippen LogP contribution in [0.1, 0.15) is 49.8 Å². The van der Waals surface area contributed by atoms with Gasteiger partial charge in [-0.15, -0.1) is 0 Å². The average Bonchev–Trinajstić information content (AvgIpc) is 2.83. The Morgan fingerprint density at radius 1 is 1.19 bits per heavy atom. The maximum absolute atomic E-state index is 14.8. The summed E-state index contributed by atoms with van der Waals surface area (Å²) in [6.45, 7) is 5.96. The molecule has 140 valence electrons. The minimum atomic E-state index is -0.122. The molecule has 0 amide bonds. The number of benzene rings is 2. The van der Waals surface area contributed by atoms with Gasteiger partial charge >= 0.3 is 0 Å². The lowest BCUT2D eigenvalue weighted by molar-refractivity contribution is 0.304. The summed E-state index contributed by atoms with van der Waals surface area (Å²) < 4.78 is 20.6. The summed E-state index contributed by atoms with van der Waals surface area (Å²) in [4.78, 5) is 0. The topological polar surface area (TPSA) is 21.3 Å². The molecule has 3 heteroatoms. The fourth-order valence-corrected chi connectivity index (χ4v) is 3.58. The SMILES string of the molecule is CC(C)CCNC1CCCc2cc(OCc3ccccc3)cc(F)c2C1. The van der Waals surface area contributed by atoms with E-state index in [1.165, 1.54) is 0 Å². The molecule has 0 aliphatic heterocycles. The maximum atomic E-state index is 14.8. The van der Waals surface area contributed by atoms with Crippen molar-refractivity contribution < 1.29 is 9.13 Å². The van der Waals surface area contributed by atoms with Gasteiger partial charge < -0.3 is 10.1 Å². The van der Waals surface area contributed by atoms with Crippen molar-refractivity contribution in [1.82, 2.24) is 5.32 Å². The Morgan fingerprint density at radius 3 is 2.77 bits per heavy atom. The average molecular weight is 355 g/mol. The first-order valence-corrected chi connectivity index (χ1v) is 9.83. The molecule has 1 aliphatic carbocycles. The molecule has 0 spiro atoms. The van der Waals surface area contributed by atoms with E-state index in [1.54, 1.807) is 6.07 Å². The molecule has 0 fully saturated rings. The zero-order chi connectivity index (χ0) is 18.4. The summed E-state index contributed by atoms with van der Waals surface area (Å²) in [7, 11) is 0. The van der Waals surface area contributed by atoms with E-state index in [0.717, 1.165) is 55.3 Å². The van der Waals surface area contributed by atoms with Crippen molar-refractivity contribution in [2.24, 2.45) is 5.92 Å². The van der Waals surface area contributed by atoms with E-state index < -0.39 is 0 Å². The number of nitrogens with one attached hydrogen (secondary N) is 1. The largest absolute Gasteiger partial charge is 0.489 e. The van der Waals surface area contributed by atoms with Crippen LogP contribution in [0.4, 0.5) is 4.39 Å². The lowest BCUT2D eigenvalue weighted by Gasteiger charge is -2.18. The van der Waals surface area contributed by atoms with Crippen molar-refractivity contribution in [3.8, 4) is 5.75 Å². The quantitative estimate of drug-likeness (QED) is 0.682. The van der Waals surface area contributed by atoms with Gasteiger partial charge in [0.15, 0.2) is 0 Å². The number of ether oxygens (including phenoxy) is 1. The highest BCUT2D eigenvalue weighted by molar-refractivity contribution is 5.38. The van der Waals surface area contributed by atoms with Crippen LogP contribution in [-0.4, -0.2) is 12.6 Å². The molecule has 1 atom stereocenters. The second-order valence-corrected chi connectivity index (χ2v) is 7.75. The number of fused-ring (bicyclic) bond motifs is 1. The number of aryl methyl sites for hydroxylation is 1. The highest BCUT2D eigenvalue weighted by Gasteiger charge is 2.20. The Hall–Kier alpha value is -1.87. The van der Waals surface area contributed by atoms with Crippen LogP contribution < -0.4 is 10.1 Å². The van der Waals surface area contributed by atoms with E-state index in [4.69, 9.17) is 4.74 Å². The summed E-state index contributed by atoms with van der Waals surface area (Å²) in [5.74, 6) is 1.21. The molecule has 26 heavy (non-hydrogen) atoms. The van der Waals surface area contributed by atoms with Crippen molar-refractivity contribution in [2.75, 3.05) is 6.54 Å². The molecular formula is C23H30FNO. The lowest BCUT2D eigenvalue weighted by atomic mass is 10.0. The van der Waals surface area contributed by atoms with Gasteiger partial charge in [-0.25, -0.2) is 4.39 Å². The Kier molecular flexibility index (Phi) is 6.67. The molecule has 3 rings (SSSR count). The molecule has 2 aromatic carbocycles. The molecule has 0 bridgehead atoms. The highest BCUT2D eigenvalue weighted by Crippen LogP contribution is 2.28. The minimum Gasteiger partial charge on any atom is -0.489 e. The second-order valence-electron chi connectivity index (χ2n) is 7.75. The molecule has 1 unspecified atom stereocenters. The van der Waals surface area contributed by atoms with Crippen molar-refractivity contribution in [1.29, 1.82) is 0 Å². The van der Waals surface area contributed by atoms with Gasteiger partial charge in [-0.05, 0) is 67.3 Å². The molecule has 1 N–H and O–H groups in total. The van der Waals surface area contributed by atoms with Crippen LogP contribution in [0.15, 0.2) is 42.5 Å². The van der Waals surface area contributed by atoms with Crippen LogP contribution in [0.25, 0.3) is 0 Å². The zero-order valence-electron chi connectivity index (χ0n) is 15.9. The fourth-order valence-electron chi connectivity index (χ4n) is 3.58. The third-order valence-corrected chi connectivity index (χ3v) is 5.11. The van der Waals surface area contributed by atoms with Gasteiger partial charge in [-0.1, -0.05) is 44.2 Å². The standard InChI is InChI=1S/C23H30FNO/c1-17(2)11-12-25-20-10-6-9-19-13-21(15-23(24)22(19)14-20)26-16-18-7-4-3-5-8-18/h3-5,7-8,13,15,17,20,25H,6,9-12,14,16H2,1-2H3. The molecule has 1 aliphatic rings. The van der Waals surface area contributed by atoms with Crippen LogP contribution in [0.5, 0.6) is 5.75 Å². The number of halogens is 1. The summed E-state index contributed by atoms with van der Waals surface area (Å²) in [6.07, 6.45) is 5.06. The Bertz CT molecular complexity index is 699. The van der Waals surface area contributed by atoms with Gasteiger partial charge in [0.05, 0.1) is 0 Å². The molecule has 0 aromatic heterocycles. The first kappa shape index (κ1) is 18.9. The zero-order valence-corrected chi connectivity index (χ0v) is 15.9. The van der Waals surface area contributed by atoms with E-state index in [0.29, 0.717) is 24.3 Å². The van der Waals surface area contributed by atoms with Gasteiger partial charge in [0, 0.05) is 12.1 Å². The van der Waals surface area contributed by atoms with Gasteiger partial charge in [0.1, 0.15) is 18.2 Å². The lowest BCUT2D eigenvalue weighted by Crippen LogP contribution is -2.32. The van der Waals surface area contributed by atoms with Crippen molar-refractivity contribution in [3.63, 3.8) is 0 Å².